The fraction of sp³-hybridized carbons (Fsp3) is 0.167. The highest BCUT2D eigenvalue weighted by Crippen LogP contribution is 2.50. The highest BCUT2D eigenvalue weighted by molar-refractivity contribution is 6.16. The number of para-hydroxylation sites is 1. The molecule has 0 atom stereocenters. The van der Waals surface area contributed by atoms with Crippen molar-refractivity contribution in [3.8, 4) is 16.8 Å². The smallest absolute Gasteiger partial charge is 0.193 e. The fourth-order valence-corrected chi connectivity index (χ4v) is 7.17. The van der Waals surface area contributed by atoms with Gasteiger partial charge in [0.25, 0.3) is 0 Å². The highest BCUT2D eigenvalue weighted by Gasteiger charge is 2.38. The molecule has 0 bridgehead atoms. The van der Waals surface area contributed by atoms with Gasteiger partial charge in [-0.15, -0.1) is 0 Å². The molecule has 0 amide bonds. The lowest BCUT2D eigenvalue weighted by molar-refractivity contribution is 0.103. The maximum atomic E-state index is 14.2. The van der Waals surface area contributed by atoms with Crippen LogP contribution in [0.15, 0.2) is 97.2 Å². The van der Waals surface area contributed by atoms with Crippen LogP contribution >= 0.6 is 0 Å². The van der Waals surface area contributed by atoms with Gasteiger partial charge >= 0.3 is 0 Å². The number of carbonyl (C=O) groups is 1. The molecule has 3 heteroatoms. The van der Waals surface area contributed by atoms with Crippen LogP contribution in [0.4, 0.5) is 0 Å². The Hall–Kier alpha value is -4.50. The first-order valence-electron chi connectivity index (χ1n) is 13.6. The molecule has 3 heterocycles. The van der Waals surface area contributed by atoms with Crippen LogP contribution in [-0.4, -0.2) is 15.3 Å². The summed E-state index contributed by atoms with van der Waals surface area (Å²) in [5.41, 5.74) is 12.8. The molecule has 0 N–H and O–H groups in total. The predicted octanol–water partition coefficient (Wildman–Crippen LogP) is 8.36. The van der Waals surface area contributed by atoms with Crippen LogP contribution in [0.1, 0.15) is 65.9 Å². The summed E-state index contributed by atoms with van der Waals surface area (Å²) in [6.45, 7) is 9.03. The molecule has 1 aliphatic carbocycles. The molecule has 0 unspecified atom stereocenters. The molecule has 188 valence electrons. The van der Waals surface area contributed by atoms with Gasteiger partial charge in [0, 0.05) is 33.5 Å². The number of hydrogen-bond donors (Lipinski definition) is 0. The molecule has 0 spiro atoms. The summed E-state index contributed by atoms with van der Waals surface area (Å²) < 4.78 is 2.33. The lowest BCUT2D eigenvalue weighted by Gasteiger charge is -2.34. The van der Waals surface area contributed by atoms with E-state index in [0.29, 0.717) is 5.56 Å². The number of ketones is 1. The van der Waals surface area contributed by atoms with Crippen LogP contribution in [0.25, 0.3) is 38.8 Å². The molecule has 39 heavy (non-hydrogen) atoms. The van der Waals surface area contributed by atoms with Crippen molar-refractivity contribution >= 4 is 27.7 Å². The van der Waals surface area contributed by atoms with Gasteiger partial charge in [-0.1, -0.05) is 82.3 Å². The zero-order valence-corrected chi connectivity index (χ0v) is 22.5. The Bertz CT molecular complexity index is 2040. The van der Waals surface area contributed by atoms with Gasteiger partial charge in [-0.25, -0.2) is 0 Å². The van der Waals surface area contributed by atoms with E-state index >= 15 is 0 Å². The van der Waals surface area contributed by atoms with Crippen molar-refractivity contribution in [1.82, 2.24) is 9.55 Å². The minimum Gasteiger partial charge on any atom is -0.307 e. The van der Waals surface area contributed by atoms with Crippen molar-refractivity contribution in [2.45, 2.75) is 38.5 Å². The molecule has 8 rings (SSSR count). The standard InChI is InChI=1S/C36H28N2O/c1-35(2)26-11-6-5-10-23(26)24-16-15-21(19-28(24)35)34(39)22-18-25-32-31(14-9-17-37-32)38-30-13-8-7-12-27(30)36(3,4)29(20-22)33(25)38/h5-20H,1-4H3. The van der Waals surface area contributed by atoms with Gasteiger partial charge in [0.05, 0.1) is 22.2 Å². The number of rotatable bonds is 2. The van der Waals surface area contributed by atoms with Crippen LogP contribution in [0.2, 0.25) is 0 Å². The van der Waals surface area contributed by atoms with E-state index < -0.39 is 0 Å². The summed E-state index contributed by atoms with van der Waals surface area (Å²) in [4.78, 5) is 19.0. The van der Waals surface area contributed by atoms with Crippen molar-refractivity contribution in [3.05, 3.63) is 131 Å². The van der Waals surface area contributed by atoms with Crippen LogP contribution < -0.4 is 0 Å². The van der Waals surface area contributed by atoms with Crippen molar-refractivity contribution in [3.63, 3.8) is 0 Å². The van der Waals surface area contributed by atoms with E-state index in [9.17, 15) is 4.79 Å². The van der Waals surface area contributed by atoms with Gasteiger partial charge < -0.3 is 4.57 Å². The Morgan fingerprint density at radius 2 is 1.36 bits per heavy atom. The van der Waals surface area contributed by atoms with E-state index in [1.54, 1.807) is 0 Å². The van der Waals surface area contributed by atoms with E-state index in [1.165, 1.54) is 33.5 Å². The molecule has 0 fully saturated rings. The fourth-order valence-electron chi connectivity index (χ4n) is 7.17. The molecule has 2 aliphatic rings. The van der Waals surface area contributed by atoms with Crippen LogP contribution in [-0.2, 0) is 10.8 Å². The zero-order chi connectivity index (χ0) is 26.7. The maximum Gasteiger partial charge on any atom is 0.193 e. The topological polar surface area (TPSA) is 34.9 Å². The van der Waals surface area contributed by atoms with Crippen molar-refractivity contribution in [2.75, 3.05) is 0 Å². The normalized spacial score (nSPS) is 15.7. The number of benzene rings is 4. The van der Waals surface area contributed by atoms with Crippen LogP contribution in [0.3, 0.4) is 0 Å². The van der Waals surface area contributed by atoms with Gasteiger partial charge in [0.2, 0.25) is 0 Å². The number of pyridine rings is 1. The van der Waals surface area contributed by atoms with Crippen LogP contribution in [0.5, 0.6) is 0 Å². The predicted molar refractivity (Wildman–Crippen MR) is 158 cm³/mol. The Morgan fingerprint density at radius 1 is 0.667 bits per heavy atom. The second-order valence-electron chi connectivity index (χ2n) is 12.0. The molecule has 4 aromatic carbocycles. The van der Waals surface area contributed by atoms with Gasteiger partial charge in [-0.05, 0) is 69.8 Å². The SMILES string of the molecule is CC1(C)c2ccccc2-c2ccc(C(=O)c3cc4c5c(c3)c3ncccc3n5-c3ccccc3C4(C)C)cc21. The third kappa shape index (κ3) is 2.77. The molecule has 2 aromatic heterocycles. The first-order valence-corrected chi connectivity index (χ1v) is 13.6. The first kappa shape index (κ1) is 22.5. The Kier molecular flexibility index (Phi) is 4.22. The first-order chi connectivity index (χ1) is 18.8. The van der Waals surface area contributed by atoms with Gasteiger partial charge in [0.1, 0.15) is 0 Å². The minimum absolute atomic E-state index is 0.0502. The summed E-state index contributed by atoms with van der Waals surface area (Å²) in [5, 5.41) is 1.03. The van der Waals surface area contributed by atoms with E-state index in [1.807, 2.05) is 18.3 Å². The lowest BCUT2D eigenvalue weighted by Crippen LogP contribution is -2.26. The number of carbonyl (C=O) groups excluding carboxylic acids is 1. The van der Waals surface area contributed by atoms with Gasteiger partial charge in [-0.3, -0.25) is 9.78 Å². The Labute approximate surface area is 227 Å². The summed E-state index contributed by atoms with van der Waals surface area (Å²) in [6.07, 6.45) is 1.84. The molecule has 6 aromatic rings. The molecule has 1 aliphatic heterocycles. The molecule has 0 radical (unpaired) electrons. The number of nitrogens with zero attached hydrogens (tertiary/aromatic N) is 2. The second-order valence-corrected chi connectivity index (χ2v) is 12.0. The average Bonchev–Trinajstić information content (AvgIpc) is 3.41. The van der Waals surface area contributed by atoms with E-state index in [0.717, 1.165) is 33.1 Å². The van der Waals surface area contributed by atoms with Crippen LogP contribution in [0, 0.1) is 0 Å². The number of fused-ring (bicyclic) bond motifs is 8. The third-order valence-electron chi connectivity index (χ3n) is 9.22. The average molecular weight is 505 g/mol. The van der Waals surface area contributed by atoms with Crippen molar-refractivity contribution < 1.29 is 4.79 Å². The minimum atomic E-state index is -0.267. The van der Waals surface area contributed by atoms with Gasteiger partial charge in [-0.2, -0.15) is 0 Å². The zero-order valence-electron chi connectivity index (χ0n) is 22.5. The Morgan fingerprint density at radius 3 is 2.21 bits per heavy atom. The molecular weight excluding hydrogens is 476 g/mol. The second kappa shape index (κ2) is 7.33. The van der Waals surface area contributed by atoms with Crippen molar-refractivity contribution in [1.29, 1.82) is 0 Å². The largest absolute Gasteiger partial charge is 0.307 e. The lowest BCUT2D eigenvalue weighted by atomic mass is 9.74. The maximum absolute atomic E-state index is 14.2. The summed E-state index contributed by atoms with van der Waals surface area (Å²) in [7, 11) is 0. The molecule has 3 nitrogen and oxygen atoms in total. The summed E-state index contributed by atoms with van der Waals surface area (Å²) in [6, 6.07) is 31.7. The Balaban J connectivity index is 1.37. The van der Waals surface area contributed by atoms with E-state index in [4.69, 9.17) is 4.98 Å². The molecule has 0 saturated heterocycles. The number of hydrogen-bond acceptors (Lipinski definition) is 2. The van der Waals surface area contributed by atoms with Gasteiger partial charge in [0.15, 0.2) is 5.78 Å². The third-order valence-corrected chi connectivity index (χ3v) is 9.22. The summed E-state index contributed by atoms with van der Waals surface area (Å²) in [5.74, 6) is 0.0502. The van der Waals surface area contributed by atoms with E-state index in [-0.39, 0.29) is 16.6 Å². The van der Waals surface area contributed by atoms with E-state index in [2.05, 4.69) is 111 Å². The summed E-state index contributed by atoms with van der Waals surface area (Å²) >= 11 is 0. The quantitative estimate of drug-likeness (QED) is 0.222. The highest BCUT2D eigenvalue weighted by atomic mass is 16.1. The molecule has 0 saturated carbocycles. The monoisotopic (exact) mass is 504 g/mol. The molecular formula is C36H28N2O. The number of aromatic nitrogens is 2. The van der Waals surface area contributed by atoms with Crippen molar-refractivity contribution in [2.24, 2.45) is 0 Å².